The van der Waals surface area contributed by atoms with Gasteiger partial charge in [0, 0.05) is 12.1 Å². The van der Waals surface area contributed by atoms with E-state index in [1.165, 1.54) is 49.7 Å². The summed E-state index contributed by atoms with van der Waals surface area (Å²) in [4.78, 5) is 9.33. The summed E-state index contributed by atoms with van der Waals surface area (Å²) in [5, 5.41) is 8.36. The Morgan fingerprint density at radius 3 is 1.41 bits per heavy atom. The number of hydrogen-bond acceptors (Lipinski definition) is 9. The Kier molecular flexibility index (Phi) is 6.21. The molecular formula is C30H32N4O5. The van der Waals surface area contributed by atoms with Crippen molar-refractivity contribution in [2.24, 2.45) is 0 Å². The van der Waals surface area contributed by atoms with Gasteiger partial charge in [-0.1, -0.05) is 38.5 Å². The van der Waals surface area contributed by atoms with Gasteiger partial charge in [0.25, 0.3) is 11.8 Å². The molecule has 9 nitrogen and oxygen atoms in total. The molecule has 0 amide bonds. The number of oxazole rings is 2. The molecule has 3 aromatic heterocycles. The van der Waals surface area contributed by atoms with Gasteiger partial charge in [0.15, 0.2) is 11.2 Å². The van der Waals surface area contributed by atoms with Crippen molar-refractivity contribution in [2.45, 2.75) is 76.0 Å². The molecule has 0 saturated heterocycles. The lowest BCUT2D eigenvalue weighted by atomic mass is 9.83. The van der Waals surface area contributed by atoms with E-state index in [4.69, 9.17) is 22.7 Å². The fourth-order valence-electron chi connectivity index (χ4n) is 6.34. The maximum absolute atomic E-state index is 6.01. The smallest absolute Gasteiger partial charge is 0.304 e. The first kappa shape index (κ1) is 24.2. The minimum atomic E-state index is 0.169. The maximum Gasteiger partial charge on any atom is 0.304 e. The van der Waals surface area contributed by atoms with E-state index in [0.29, 0.717) is 23.0 Å². The standard InChI is InChI=1S/C30H32N4O5/c1-35-23-15-25-21(13-19(23)17-9-5-3-6-10-17)31-27(37-25)29-33-34-30(39-29)28-32-22-14-20(18-11-7-4-8-12-18)24(36-2)16-26(22)38-28/h13-18H,3-12H2,1-2H3. The first-order valence-electron chi connectivity index (χ1n) is 14.0. The zero-order chi connectivity index (χ0) is 26.3. The van der Waals surface area contributed by atoms with E-state index in [9.17, 15) is 0 Å². The Bertz CT molecular complexity index is 1500. The van der Waals surface area contributed by atoms with Crippen LogP contribution in [0, 0.1) is 0 Å². The Hall–Kier alpha value is -3.88. The van der Waals surface area contributed by atoms with Crippen molar-refractivity contribution in [3.63, 3.8) is 0 Å². The summed E-state index contributed by atoms with van der Waals surface area (Å²) in [5.41, 5.74) is 5.09. The van der Waals surface area contributed by atoms with Gasteiger partial charge in [-0.15, -0.1) is 10.2 Å². The topological polar surface area (TPSA) is 109 Å². The zero-order valence-corrected chi connectivity index (χ0v) is 22.4. The third kappa shape index (κ3) is 4.43. The summed E-state index contributed by atoms with van der Waals surface area (Å²) in [6.07, 6.45) is 12.2. The monoisotopic (exact) mass is 528 g/mol. The summed E-state index contributed by atoms with van der Waals surface area (Å²) in [5.74, 6) is 3.46. The molecule has 0 atom stereocenters. The Morgan fingerprint density at radius 1 is 0.564 bits per heavy atom. The number of hydrogen-bond donors (Lipinski definition) is 0. The lowest BCUT2D eigenvalue weighted by Crippen LogP contribution is -2.06. The molecule has 0 N–H and O–H groups in total. The first-order valence-corrected chi connectivity index (χ1v) is 14.0. The second-order valence-corrected chi connectivity index (χ2v) is 10.7. The van der Waals surface area contributed by atoms with Crippen molar-refractivity contribution in [2.75, 3.05) is 14.2 Å². The van der Waals surface area contributed by atoms with Gasteiger partial charge in [-0.2, -0.15) is 0 Å². The van der Waals surface area contributed by atoms with Gasteiger partial charge >= 0.3 is 11.8 Å². The van der Waals surface area contributed by atoms with Gasteiger partial charge in [-0.25, -0.2) is 9.97 Å². The Labute approximate surface area is 225 Å². The quantitative estimate of drug-likeness (QED) is 0.218. The summed E-state index contributed by atoms with van der Waals surface area (Å²) >= 11 is 0. The van der Waals surface area contributed by atoms with E-state index >= 15 is 0 Å². The molecule has 0 unspecified atom stereocenters. The molecule has 0 radical (unpaired) electrons. The Morgan fingerprint density at radius 2 is 1.00 bits per heavy atom. The molecule has 2 aliphatic carbocycles. The molecular weight excluding hydrogens is 496 g/mol. The highest BCUT2D eigenvalue weighted by atomic mass is 16.5. The second kappa shape index (κ2) is 10.0. The molecule has 0 bridgehead atoms. The van der Waals surface area contributed by atoms with Crippen molar-refractivity contribution in [3.05, 3.63) is 35.4 Å². The van der Waals surface area contributed by atoms with E-state index in [2.05, 4.69) is 32.3 Å². The summed E-state index contributed by atoms with van der Waals surface area (Å²) in [6, 6.07) is 7.97. The van der Waals surface area contributed by atoms with Crippen LogP contribution >= 0.6 is 0 Å². The van der Waals surface area contributed by atoms with E-state index in [1.807, 2.05) is 12.1 Å². The van der Waals surface area contributed by atoms with Crippen molar-refractivity contribution < 1.29 is 22.7 Å². The minimum Gasteiger partial charge on any atom is -0.496 e. The molecule has 2 fully saturated rings. The van der Waals surface area contributed by atoms with Crippen molar-refractivity contribution >= 4 is 22.2 Å². The van der Waals surface area contributed by atoms with Crippen molar-refractivity contribution in [3.8, 4) is 35.1 Å². The maximum atomic E-state index is 6.01. The highest BCUT2D eigenvalue weighted by Gasteiger charge is 2.25. The van der Waals surface area contributed by atoms with Crippen LogP contribution in [-0.2, 0) is 0 Å². The van der Waals surface area contributed by atoms with Crippen molar-refractivity contribution in [1.82, 2.24) is 20.2 Å². The van der Waals surface area contributed by atoms with Crippen LogP contribution in [0.4, 0.5) is 0 Å². The van der Waals surface area contributed by atoms with E-state index in [-0.39, 0.29) is 23.6 Å². The molecule has 2 saturated carbocycles. The van der Waals surface area contributed by atoms with Crippen molar-refractivity contribution in [1.29, 1.82) is 0 Å². The number of ether oxygens (including phenoxy) is 2. The van der Waals surface area contributed by atoms with Crippen LogP contribution in [0.15, 0.2) is 37.5 Å². The van der Waals surface area contributed by atoms with Crippen LogP contribution in [-0.4, -0.2) is 34.4 Å². The molecule has 2 aromatic carbocycles. The van der Waals surface area contributed by atoms with Crippen LogP contribution in [0.2, 0.25) is 0 Å². The molecule has 0 aliphatic heterocycles. The average molecular weight is 529 g/mol. The number of nitrogens with zero attached hydrogens (tertiary/aromatic N) is 4. The summed E-state index contributed by atoms with van der Waals surface area (Å²) in [7, 11) is 3.40. The first-order chi connectivity index (χ1) is 19.2. The highest BCUT2D eigenvalue weighted by molar-refractivity contribution is 5.79. The lowest BCUT2D eigenvalue weighted by molar-refractivity contribution is 0.387. The number of benzene rings is 2. The molecule has 0 spiro atoms. The van der Waals surface area contributed by atoms with Crippen LogP contribution in [0.1, 0.15) is 87.2 Å². The molecule has 5 aromatic rings. The third-order valence-electron chi connectivity index (χ3n) is 8.36. The normalized spacial score (nSPS) is 17.3. The highest BCUT2D eigenvalue weighted by Crippen LogP contribution is 2.42. The molecule has 9 heteroatoms. The average Bonchev–Trinajstić information content (AvgIpc) is 3.74. The van der Waals surface area contributed by atoms with E-state index < -0.39 is 0 Å². The molecule has 202 valence electrons. The van der Waals surface area contributed by atoms with Gasteiger partial charge in [-0.05, 0) is 60.8 Å². The number of methoxy groups -OCH3 is 2. The second-order valence-electron chi connectivity index (χ2n) is 10.7. The fraction of sp³-hybridized carbons (Fsp3) is 0.467. The third-order valence-corrected chi connectivity index (χ3v) is 8.36. The molecule has 39 heavy (non-hydrogen) atoms. The van der Waals surface area contributed by atoms with Crippen LogP contribution in [0.3, 0.4) is 0 Å². The van der Waals surface area contributed by atoms with Gasteiger partial charge in [-0.3, -0.25) is 0 Å². The van der Waals surface area contributed by atoms with Gasteiger partial charge in [0.2, 0.25) is 0 Å². The van der Waals surface area contributed by atoms with Gasteiger partial charge in [0.1, 0.15) is 22.5 Å². The SMILES string of the molecule is COc1cc2oc(-c3nnc(-c4nc5cc(C6CCCCC6)c(OC)cc5o4)o3)nc2cc1C1CCCCC1. The predicted octanol–water partition coefficient (Wildman–Crippen LogP) is 7.80. The molecule has 7 rings (SSSR count). The molecule has 2 aliphatic rings. The largest absolute Gasteiger partial charge is 0.496 e. The summed E-state index contributed by atoms with van der Waals surface area (Å²) in [6.45, 7) is 0. The van der Waals surface area contributed by atoms with Crippen LogP contribution in [0.25, 0.3) is 45.8 Å². The number of fused-ring (bicyclic) bond motifs is 2. The number of rotatable bonds is 6. The lowest BCUT2D eigenvalue weighted by Gasteiger charge is -2.23. The predicted molar refractivity (Wildman–Crippen MR) is 145 cm³/mol. The number of aromatic nitrogens is 4. The minimum absolute atomic E-state index is 0.169. The van der Waals surface area contributed by atoms with Crippen LogP contribution < -0.4 is 9.47 Å². The van der Waals surface area contributed by atoms with Gasteiger partial charge in [0.05, 0.1) is 14.2 Å². The Balaban J connectivity index is 1.20. The van der Waals surface area contributed by atoms with Crippen LogP contribution in [0.5, 0.6) is 11.5 Å². The zero-order valence-electron chi connectivity index (χ0n) is 22.4. The van der Waals surface area contributed by atoms with E-state index in [1.54, 1.807) is 14.2 Å². The summed E-state index contributed by atoms with van der Waals surface area (Å²) < 4.78 is 29.3. The fourth-order valence-corrected chi connectivity index (χ4v) is 6.34. The van der Waals surface area contributed by atoms with Gasteiger partial charge < -0.3 is 22.7 Å². The molecule has 3 heterocycles. The van der Waals surface area contributed by atoms with E-state index in [0.717, 1.165) is 48.2 Å².